The third kappa shape index (κ3) is 14.8. The molecule has 1 saturated carbocycles. The van der Waals surface area contributed by atoms with Crippen LogP contribution in [0.3, 0.4) is 0 Å². The topological polar surface area (TPSA) is 53.6 Å². The summed E-state index contributed by atoms with van der Waals surface area (Å²) in [5, 5.41) is 3.08. The van der Waals surface area contributed by atoms with Gasteiger partial charge in [0.15, 0.2) is 0 Å². The van der Waals surface area contributed by atoms with E-state index in [1.54, 1.807) is 6.20 Å². The van der Waals surface area contributed by atoms with Gasteiger partial charge < -0.3 is 16.0 Å². The zero-order valence-corrected chi connectivity index (χ0v) is 25.6. The Morgan fingerprint density at radius 1 is 1.16 bits per heavy atom. The normalized spacial score (nSPS) is 22.7. The van der Waals surface area contributed by atoms with Crippen LogP contribution in [0.15, 0.2) is 54.7 Å². The van der Waals surface area contributed by atoms with Crippen LogP contribution in [-0.4, -0.2) is 37.4 Å². The summed E-state index contributed by atoms with van der Waals surface area (Å²) in [5.74, 6) is 3.96. The molecule has 0 aromatic heterocycles. The number of hydrogen-bond acceptors (Lipinski definition) is 3. The van der Waals surface area contributed by atoms with Crippen LogP contribution < -0.4 is 11.1 Å². The van der Waals surface area contributed by atoms with Crippen LogP contribution in [0.5, 0.6) is 0 Å². The highest BCUT2D eigenvalue weighted by Gasteiger charge is 2.24. The van der Waals surface area contributed by atoms with E-state index in [2.05, 4.69) is 80.3 Å². The summed E-state index contributed by atoms with van der Waals surface area (Å²) >= 11 is 0. The fraction of sp³-hybridized carbons (Fsp3) is 0.676. The van der Waals surface area contributed by atoms with E-state index in [9.17, 15) is 0 Å². The number of aliphatic imine (C=N–C) groups is 1. The number of nitrogens with two attached hydrogens (primary N) is 1. The first-order chi connectivity index (χ1) is 18.4. The second-order valence-electron chi connectivity index (χ2n) is 11.5. The smallest absolute Gasteiger partial charge is 0.103 e. The van der Waals surface area contributed by atoms with E-state index >= 15 is 0 Å². The van der Waals surface area contributed by atoms with Crippen molar-refractivity contribution in [1.29, 1.82) is 0 Å². The van der Waals surface area contributed by atoms with Gasteiger partial charge in [0.2, 0.25) is 0 Å². The van der Waals surface area contributed by atoms with Gasteiger partial charge in [0, 0.05) is 31.4 Å². The highest BCUT2D eigenvalue weighted by molar-refractivity contribution is 5.83. The Bertz CT molecular complexity index is 746. The highest BCUT2D eigenvalue weighted by atomic mass is 15.1. The maximum absolute atomic E-state index is 6.03. The van der Waals surface area contributed by atoms with Gasteiger partial charge in [-0.25, -0.2) is 4.99 Å². The molecule has 3 N–H and O–H groups in total. The average molecular weight is 525 g/mol. The molecular formula is C34H60N4. The summed E-state index contributed by atoms with van der Waals surface area (Å²) < 4.78 is 0. The Balaban J connectivity index is 0.000000334. The monoisotopic (exact) mass is 524 g/mol. The van der Waals surface area contributed by atoms with Crippen molar-refractivity contribution in [3.63, 3.8) is 0 Å². The maximum Gasteiger partial charge on any atom is 0.103 e. The van der Waals surface area contributed by atoms with E-state index in [-0.39, 0.29) is 0 Å². The molecule has 0 radical (unpaired) electrons. The first-order valence-electron chi connectivity index (χ1n) is 15.4. The fourth-order valence-corrected chi connectivity index (χ4v) is 5.70. The Hall–Kier alpha value is -2.07. The molecule has 1 aromatic carbocycles. The Morgan fingerprint density at radius 3 is 2.47 bits per heavy atom. The number of piperidine rings is 1. The minimum Gasteiger partial charge on any atom is -0.388 e. The van der Waals surface area contributed by atoms with Gasteiger partial charge in [-0.3, -0.25) is 0 Å². The number of nitrogens with zero attached hydrogens (tertiary/aromatic N) is 2. The molecule has 38 heavy (non-hydrogen) atoms. The summed E-state index contributed by atoms with van der Waals surface area (Å²) in [6.07, 6.45) is 18.1. The van der Waals surface area contributed by atoms with Gasteiger partial charge in [-0.15, -0.1) is 6.58 Å². The summed E-state index contributed by atoms with van der Waals surface area (Å²) in [4.78, 5) is 6.77. The molecule has 4 atom stereocenters. The lowest BCUT2D eigenvalue weighted by molar-refractivity contribution is 0.173. The van der Waals surface area contributed by atoms with Crippen LogP contribution in [0.1, 0.15) is 97.5 Å². The molecule has 4 heteroatoms. The van der Waals surface area contributed by atoms with E-state index in [0.717, 1.165) is 36.6 Å². The fourth-order valence-electron chi connectivity index (χ4n) is 5.70. The molecule has 1 aliphatic heterocycles. The number of rotatable bonds is 11. The van der Waals surface area contributed by atoms with Gasteiger partial charge >= 0.3 is 0 Å². The summed E-state index contributed by atoms with van der Waals surface area (Å²) in [5.41, 5.74) is 8.60. The highest BCUT2D eigenvalue weighted by Crippen LogP contribution is 2.31. The quantitative estimate of drug-likeness (QED) is 0.173. The summed E-state index contributed by atoms with van der Waals surface area (Å²) in [6, 6.07) is 8.48. The zero-order chi connectivity index (χ0) is 28.2. The number of anilines is 1. The van der Waals surface area contributed by atoms with Crippen molar-refractivity contribution in [2.45, 2.75) is 98.3 Å². The predicted molar refractivity (Wildman–Crippen MR) is 171 cm³/mol. The van der Waals surface area contributed by atoms with Crippen LogP contribution in [0.2, 0.25) is 0 Å². The van der Waals surface area contributed by atoms with Crippen molar-refractivity contribution in [3.05, 3.63) is 55.3 Å². The van der Waals surface area contributed by atoms with Crippen molar-refractivity contribution in [2.75, 3.05) is 32.0 Å². The van der Waals surface area contributed by atoms with Crippen molar-refractivity contribution in [1.82, 2.24) is 4.90 Å². The third-order valence-corrected chi connectivity index (χ3v) is 8.06. The number of aryl methyl sites for hydroxylation is 1. The molecule has 0 amide bonds. The van der Waals surface area contributed by atoms with Gasteiger partial charge in [-0.2, -0.15) is 0 Å². The second-order valence-corrected chi connectivity index (χ2v) is 11.5. The molecule has 4 nitrogen and oxygen atoms in total. The van der Waals surface area contributed by atoms with E-state index < -0.39 is 0 Å². The number of allylic oxidation sites excluding steroid dienone is 1. The van der Waals surface area contributed by atoms with Crippen molar-refractivity contribution >= 4 is 11.5 Å². The summed E-state index contributed by atoms with van der Waals surface area (Å²) in [6.45, 7) is 20.0. The van der Waals surface area contributed by atoms with Gasteiger partial charge in [0.25, 0.3) is 0 Å². The minimum absolute atomic E-state index is 0.437. The predicted octanol–water partition coefficient (Wildman–Crippen LogP) is 8.70. The number of benzene rings is 1. The van der Waals surface area contributed by atoms with E-state index in [0.29, 0.717) is 5.92 Å². The lowest BCUT2D eigenvalue weighted by Gasteiger charge is -2.34. The van der Waals surface area contributed by atoms with Crippen LogP contribution in [0, 0.1) is 23.7 Å². The van der Waals surface area contributed by atoms with Crippen LogP contribution in [0.4, 0.5) is 5.69 Å². The molecule has 2 aliphatic rings. The number of hydrogen-bond donors (Lipinski definition) is 2. The van der Waals surface area contributed by atoms with Gasteiger partial charge in [0.1, 0.15) is 5.84 Å². The molecule has 1 saturated heterocycles. The molecule has 2 fully saturated rings. The van der Waals surface area contributed by atoms with E-state index in [4.69, 9.17) is 5.73 Å². The van der Waals surface area contributed by atoms with E-state index in [1.807, 2.05) is 13.1 Å². The number of likely N-dealkylation sites (tertiary alicyclic amines) is 1. The third-order valence-electron chi connectivity index (χ3n) is 8.06. The maximum atomic E-state index is 6.03. The molecule has 1 aromatic rings. The second kappa shape index (κ2) is 20.8. The number of amidine groups is 1. The van der Waals surface area contributed by atoms with E-state index in [1.165, 1.54) is 88.5 Å². The van der Waals surface area contributed by atoms with Crippen molar-refractivity contribution in [2.24, 2.45) is 34.4 Å². The lowest BCUT2D eigenvalue weighted by Crippen LogP contribution is -2.42. The van der Waals surface area contributed by atoms with Gasteiger partial charge in [-0.05, 0) is 87.1 Å². The Kier molecular flexibility index (Phi) is 18.6. The Morgan fingerprint density at radius 2 is 1.89 bits per heavy atom. The standard InChI is InChI=1S/C17H31N3.C9H13N.C8H16/c1-3-19-17(18)16-8-5-10-20(13-16)11-9-15-7-4-6-14(2)12-15;1-3-8-4-6-9(10-2)7-5-8;1-4-6-8(3)7-5-2/h3,14-16H,1,4-13H2,2H3,(H2,18,19);4-7,10H,3H2,1-2H3;4,8H,1,5-7H2,2-3H3. The largest absolute Gasteiger partial charge is 0.388 e. The van der Waals surface area contributed by atoms with Crippen LogP contribution in [0.25, 0.3) is 0 Å². The lowest BCUT2D eigenvalue weighted by atomic mass is 9.80. The molecule has 0 bridgehead atoms. The first-order valence-corrected chi connectivity index (χ1v) is 15.4. The van der Waals surface area contributed by atoms with Crippen LogP contribution in [-0.2, 0) is 6.42 Å². The van der Waals surface area contributed by atoms with Crippen molar-refractivity contribution in [3.8, 4) is 0 Å². The van der Waals surface area contributed by atoms with Crippen molar-refractivity contribution < 1.29 is 0 Å². The SMILES string of the molecule is C=CCC(C)CCC.C=CN=C(N)C1CCCN(CCC2CCCC(C)C2)C1.CCc1ccc(NC)cc1. The summed E-state index contributed by atoms with van der Waals surface area (Å²) in [7, 11) is 1.93. The Labute approximate surface area is 236 Å². The zero-order valence-electron chi connectivity index (χ0n) is 25.6. The average Bonchev–Trinajstić information content (AvgIpc) is 2.93. The first kappa shape index (κ1) is 34.0. The van der Waals surface area contributed by atoms with Gasteiger partial charge in [-0.1, -0.05) is 84.6 Å². The molecular weight excluding hydrogens is 464 g/mol. The minimum atomic E-state index is 0.437. The molecule has 1 aliphatic carbocycles. The molecule has 216 valence electrons. The number of nitrogens with one attached hydrogen (secondary N) is 1. The molecule has 1 heterocycles. The van der Waals surface area contributed by atoms with Crippen LogP contribution >= 0.6 is 0 Å². The van der Waals surface area contributed by atoms with Gasteiger partial charge in [0.05, 0.1) is 0 Å². The molecule has 3 rings (SSSR count). The molecule has 4 unspecified atom stereocenters. The molecule has 0 spiro atoms.